The Morgan fingerprint density at radius 3 is 3.20 bits per heavy atom. The lowest BCUT2D eigenvalue weighted by Crippen LogP contribution is -2.50. The fourth-order valence-electron chi connectivity index (χ4n) is 1.47. The van der Waals surface area contributed by atoms with E-state index in [4.69, 9.17) is 0 Å². The molecule has 1 saturated heterocycles. The molecule has 1 radical (unpaired) electrons. The van der Waals surface area contributed by atoms with E-state index >= 15 is 0 Å². The van der Waals surface area contributed by atoms with E-state index in [1.165, 1.54) is 12.5 Å². The van der Waals surface area contributed by atoms with E-state index < -0.39 is 0 Å². The van der Waals surface area contributed by atoms with Crippen molar-refractivity contribution in [3.8, 4) is 0 Å². The molecule has 1 fully saturated rings. The van der Waals surface area contributed by atoms with Crippen LogP contribution in [-0.2, 0) is 0 Å². The Morgan fingerprint density at radius 2 is 2.40 bits per heavy atom. The highest BCUT2D eigenvalue weighted by Crippen LogP contribution is 2.12. The van der Waals surface area contributed by atoms with E-state index in [0.717, 1.165) is 19.5 Å². The average molecular weight is 137 g/mol. The molecule has 2 bridgehead atoms. The predicted octanol–water partition coefficient (Wildman–Crippen LogP) is 0.430. The van der Waals surface area contributed by atoms with Crippen LogP contribution in [0.3, 0.4) is 0 Å². The average Bonchev–Trinajstić information content (AvgIpc) is 1.89. The second kappa shape index (κ2) is 2.72. The van der Waals surface area contributed by atoms with E-state index in [-0.39, 0.29) is 0 Å². The summed E-state index contributed by atoms with van der Waals surface area (Å²) in [7, 11) is 0. The fraction of sp³-hybridized carbons (Fsp3) is 0.625. The largest absolute Gasteiger partial charge is 0.310 e. The first kappa shape index (κ1) is 6.38. The molecule has 3 aliphatic heterocycles. The van der Waals surface area contributed by atoms with Crippen molar-refractivity contribution >= 4 is 0 Å². The number of fused-ring (bicyclic) bond motifs is 4. The van der Waals surface area contributed by atoms with Crippen molar-refractivity contribution in [2.24, 2.45) is 0 Å². The maximum atomic E-state index is 3.47. The number of hydrogen-bond acceptors (Lipinski definition) is 2. The van der Waals surface area contributed by atoms with Crippen molar-refractivity contribution in [1.82, 2.24) is 10.6 Å². The highest BCUT2D eigenvalue weighted by molar-refractivity contribution is 5.06. The highest BCUT2D eigenvalue weighted by Gasteiger charge is 2.19. The smallest absolute Gasteiger partial charge is 0.0541 e. The second-order valence-electron chi connectivity index (χ2n) is 2.97. The Labute approximate surface area is 61.7 Å². The zero-order chi connectivity index (χ0) is 6.81. The van der Waals surface area contributed by atoms with Crippen molar-refractivity contribution in [3.63, 3.8) is 0 Å². The van der Waals surface area contributed by atoms with Gasteiger partial charge in [-0.15, -0.1) is 0 Å². The van der Waals surface area contributed by atoms with Gasteiger partial charge in [-0.2, -0.15) is 0 Å². The summed E-state index contributed by atoms with van der Waals surface area (Å²) in [5, 5.41) is 6.89. The van der Waals surface area contributed by atoms with E-state index in [9.17, 15) is 0 Å². The Balaban J connectivity index is 2.06. The summed E-state index contributed by atoms with van der Waals surface area (Å²) in [6.45, 7) is 2.18. The molecule has 0 aromatic heterocycles. The molecule has 0 spiro atoms. The molecule has 2 nitrogen and oxygen atoms in total. The van der Waals surface area contributed by atoms with Crippen LogP contribution in [0.2, 0.25) is 0 Å². The summed E-state index contributed by atoms with van der Waals surface area (Å²) >= 11 is 0. The SMILES string of the molecule is C1=C\CC2CN[C](C/1)CN2. The first-order chi connectivity index (χ1) is 4.95. The number of rotatable bonds is 0. The highest BCUT2D eigenvalue weighted by atomic mass is 15.1. The predicted molar refractivity (Wildman–Crippen MR) is 41.4 cm³/mol. The lowest BCUT2D eigenvalue weighted by atomic mass is 10.0. The summed E-state index contributed by atoms with van der Waals surface area (Å²) in [6.07, 6.45) is 6.83. The third-order valence-corrected chi connectivity index (χ3v) is 2.15. The van der Waals surface area contributed by atoms with Gasteiger partial charge in [0.2, 0.25) is 0 Å². The molecule has 2 N–H and O–H groups in total. The lowest BCUT2D eigenvalue weighted by molar-refractivity contribution is 0.406. The van der Waals surface area contributed by atoms with Gasteiger partial charge >= 0.3 is 0 Å². The maximum Gasteiger partial charge on any atom is 0.0541 e. The molecule has 1 unspecified atom stereocenters. The zero-order valence-corrected chi connectivity index (χ0v) is 6.06. The molecule has 3 heterocycles. The van der Waals surface area contributed by atoms with Gasteiger partial charge < -0.3 is 10.6 Å². The van der Waals surface area contributed by atoms with Crippen molar-refractivity contribution in [2.75, 3.05) is 13.1 Å². The Kier molecular flexibility index (Phi) is 1.74. The molecule has 0 aromatic rings. The third kappa shape index (κ3) is 1.22. The molecule has 0 aliphatic carbocycles. The fourth-order valence-corrected chi connectivity index (χ4v) is 1.47. The standard InChI is InChI=1S/C8H13N2/c1-2-4-8-6-9-7(3-1)5-10-8/h1-2,7,9-10H,3-6H2/b2-1-. The summed E-state index contributed by atoms with van der Waals surface area (Å²) < 4.78 is 0. The van der Waals surface area contributed by atoms with Crippen LogP contribution in [0.15, 0.2) is 12.2 Å². The van der Waals surface area contributed by atoms with Crippen LogP contribution in [0.1, 0.15) is 12.8 Å². The van der Waals surface area contributed by atoms with Crippen molar-refractivity contribution in [2.45, 2.75) is 18.9 Å². The lowest BCUT2D eigenvalue weighted by Gasteiger charge is -2.31. The first-order valence-electron chi connectivity index (χ1n) is 3.92. The number of piperazine rings is 1. The van der Waals surface area contributed by atoms with Crippen LogP contribution < -0.4 is 10.6 Å². The number of hydrogen-bond donors (Lipinski definition) is 2. The summed E-state index contributed by atoms with van der Waals surface area (Å²) in [6, 6.07) is 2.10. The molecular weight excluding hydrogens is 124 g/mol. The molecule has 3 aliphatic rings. The quantitative estimate of drug-likeness (QED) is 0.473. The minimum absolute atomic E-state index is 0.667. The van der Waals surface area contributed by atoms with Gasteiger partial charge in [0.25, 0.3) is 0 Å². The van der Waals surface area contributed by atoms with Gasteiger partial charge in [-0.05, 0) is 12.8 Å². The Bertz CT molecular complexity index is 118. The minimum Gasteiger partial charge on any atom is -0.310 e. The minimum atomic E-state index is 0.667. The normalized spacial score (nSPS) is 37.0. The zero-order valence-electron chi connectivity index (χ0n) is 6.06. The van der Waals surface area contributed by atoms with E-state index in [1.54, 1.807) is 0 Å². The van der Waals surface area contributed by atoms with Gasteiger partial charge in [-0.3, -0.25) is 0 Å². The summed E-state index contributed by atoms with van der Waals surface area (Å²) in [5.74, 6) is 0. The van der Waals surface area contributed by atoms with Gasteiger partial charge in [0, 0.05) is 19.1 Å². The van der Waals surface area contributed by atoms with Gasteiger partial charge in [-0.25, -0.2) is 0 Å². The molecule has 3 rings (SSSR count). The van der Waals surface area contributed by atoms with E-state index in [1.807, 2.05) is 0 Å². The van der Waals surface area contributed by atoms with Crippen LogP contribution in [0.4, 0.5) is 0 Å². The molecular formula is C8H13N2. The van der Waals surface area contributed by atoms with Gasteiger partial charge in [0.1, 0.15) is 0 Å². The first-order valence-corrected chi connectivity index (χ1v) is 3.92. The summed E-state index contributed by atoms with van der Waals surface area (Å²) in [4.78, 5) is 0. The van der Waals surface area contributed by atoms with Gasteiger partial charge in [0.05, 0.1) is 6.04 Å². The van der Waals surface area contributed by atoms with Crippen LogP contribution in [0.5, 0.6) is 0 Å². The molecule has 10 heavy (non-hydrogen) atoms. The van der Waals surface area contributed by atoms with Crippen LogP contribution >= 0.6 is 0 Å². The van der Waals surface area contributed by atoms with Gasteiger partial charge in [0.15, 0.2) is 0 Å². The molecule has 0 amide bonds. The summed E-state index contributed by atoms with van der Waals surface area (Å²) in [5.41, 5.74) is 0. The van der Waals surface area contributed by atoms with Crippen molar-refractivity contribution in [3.05, 3.63) is 18.2 Å². The van der Waals surface area contributed by atoms with Crippen molar-refractivity contribution < 1.29 is 0 Å². The topological polar surface area (TPSA) is 24.1 Å². The maximum absolute atomic E-state index is 3.47. The Hall–Kier alpha value is -0.340. The van der Waals surface area contributed by atoms with Crippen molar-refractivity contribution in [1.29, 1.82) is 0 Å². The number of nitrogens with one attached hydrogen (secondary N) is 2. The molecule has 0 aromatic carbocycles. The molecule has 2 heteroatoms. The molecule has 1 atom stereocenters. The third-order valence-electron chi connectivity index (χ3n) is 2.15. The second-order valence-corrected chi connectivity index (χ2v) is 2.97. The van der Waals surface area contributed by atoms with Gasteiger partial charge in [-0.1, -0.05) is 12.2 Å². The van der Waals surface area contributed by atoms with Crippen LogP contribution in [0.25, 0.3) is 0 Å². The monoisotopic (exact) mass is 137 g/mol. The Morgan fingerprint density at radius 1 is 1.40 bits per heavy atom. The van der Waals surface area contributed by atoms with Crippen LogP contribution in [-0.4, -0.2) is 19.1 Å². The van der Waals surface area contributed by atoms with E-state index in [0.29, 0.717) is 6.04 Å². The molecule has 0 saturated carbocycles. The van der Waals surface area contributed by atoms with Crippen LogP contribution in [0, 0.1) is 6.04 Å². The van der Waals surface area contributed by atoms with E-state index in [2.05, 4.69) is 22.8 Å². The molecule has 55 valence electrons.